The monoisotopic (exact) mass is 292 g/mol. The number of pyridine rings is 1. The summed E-state index contributed by atoms with van der Waals surface area (Å²) in [6.07, 6.45) is 3.18. The van der Waals surface area contributed by atoms with Gasteiger partial charge in [-0.15, -0.1) is 0 Å². The number of furan rings is 1. The molecule has 4 heteroatoms. The molecule has 0 aliphatic rings. The van der Waals surface area contributed by atoms with Gasteiger partial charge in [0.25, 0.3) is 5.91 Å². The topological polar surface area (TPSA) is 55.1 Å². The molecule has 0 saturated heterocycles. The average Bonchev–Trinajstić information content (AvgIpc) is 3.08. The van der Waals surface area contributed by atoms with E-state index >= 15 is 0 Å². The van der Waals surface area contributed by atoms with Gasteiger partial charge in [-0.2, -0.15) is 0 Å². The van der Waals surface area contributed by atoms with Crippen LogP contribution >= 0.6 is 0 Å². The number of carbonyl (C=O) groups excluding carboxylic acids is 1. The Labute approximate surface area is 128 Å². The van der Waals surface area contributed by atoms with Crippen LogP contribution < -0.4 is 5.32 Å². The van der Waals surface area contributed by atoms with Gasteiger partial charge in [-0.1, -0.05) is 30.3 Å². The molecule has 0 fully saturated rings. The zero-order valence-corrected chi connectivity index (χ0v) is 12.2. The zero-order valence-electron chi connectivity index (χ0n) is 12.2. The highest BCUT2D eigenvalue weighted by molar-refractivity contribution is 5.94. The molecule has 3 aromatic rings. The lowest BCUT2D eigenvalue weighted by Crippen LogP contribution is -2.29. The highest BCUT2D eigenvalue weighted by atomic mass is 16.3. The molecular weight excluding hydrogens is 276 g/mol. The second kappa shape index (κ2) is 6.26. The maximum absolute atomic E-state index is 12.4. The molecule has 0 spiro atoms. The van der Waals surface area contributed by atoms with Crippen molar-refractivity contribution in [3.63, 3.8) is 0 Å². The minimum Gasteiger partial charge on any atom is -0.467 e. The van der Waals surface area contributed by atoms with Crippen LogP contribution in [0.5, 0.6) is 0 Å². The summed E-state index contributed by atoms with van der Waals surface area (Å²) >= 11 is 0. The summed E-state index contributed by atoms with van der Waals surface area (Å²) in [5.74, 6) is 0.511. The van der Waals surface area contributed by atoms with Crippen LogP contribution in [0.2, 0.25) is 0 Å². The van der Waals surface area contributed by atoms with Gasteiger partial charge in [-0.05, 0) is 36.8 Å². The molecule has 2 aromatic heterocycles. The molecule has 0 saturated carbocycles. The van der Waals surface area contributed by atoms with Gasteiger partial charge in [0.05, 0.1) is 11.8 Å². The van der Waals surface area contributed by atoms with E-state index in [1.807, 2.05) is 55.5 Å². The first-order valence-corrected chi connectivity index (χ1v) is 7.06. The molecule has 22 heavy (non-hydrogen) atoms. The van der Waals surface area contributed by atoms with Crippen LogP contribution in [0.15, 0.2) is 71.5 Å². The largest absolute Gasteiger partial charge is 0.467 e. The molecule has 1 aromatic carbocycles. The highest BCUT2D eigenvalue weighted by Gasteiger charge is 2.20. The van der Waals surface area contributed by atoms with Crippen LogP contribution in [0.4, 0.5) is 0 Å². The molecule has 3 rings (SSSR count). The van der Waals surface area contributed by atoms with Gasteiger partial charge in [0.15, 0.2) is 0 Å². The van der Waals surface area contributed by atoms with Crippen LogP contribution in [0.1, 0.15) is 33.4 Å². The summed E-state index contributed by atoms with van der Waals surface area (Å²) in [5, 5.41) is 3.00. The fraction of sp³-hybridized carbons (Fsp3) is 0.111. The van der Waals surface area contributed by atoms with E-state index < -0.39 is 0 Å². The smallest absolute Gasteiger partial charge is 0.253 e. The first kappa shape index (κ1) is 14.1. The van der Waals surface area contributed by atoms with E-state index in [-0.39, 0.29) is 11.9 Å². The first-order chi connectivity index (χ1) is 10.7. The number of benzene rings is 1. The summed E-state index contributed by atoms with van der Waals surface area (Å²) in [6, 6.07) is 16.6. The van der Waals surface area contributed by atoms with Crippen molar-refractivity contribution in [2.45, 2.75) is 13.0 Å². The Morgan fingerprint density at radius 1 is 1.09 bits per heavy atom. The van der Waals surface area contributed by atoms with E-state index in [2.05, 4.69) is 10.3 Å². The summed E-state index contributed by atoms with van der Waals surface area (Å²) in [5.41, 5.74) is 2.37. The molecule has 0 bridgehead atoms. The molecular formula is C18H16N2O2. The Bertz CT molecular complexity index is 735. The Morgan fingerprint density at radius 2 is 1.91 bits per heavy atom. The number of nitrogens with zero attached hydrogens (tertiary/aromatic N) is 1. The van der Waals surface area contributed by atoms with E-state index in [1.165, 1.54) is 0 Å². The summed E-state index contributed by atoms with van der Waals surface area (Å²) < 4.78 is 5.48. The molecule has 2 heterocycles. The van der Waals surface area contributed by atoms with E-state index in [4.69, 9.17) is 4.42 Å². The lowest BCUT2D eigenvalue weighted by Gasteiger charge is -2.17. The number of nitrogens with one attached hydrogen (secondary N) is 1. The molecule has 0 radical (unpaired) electrons. The van der Waals surface area contributed by atoms with Crippen molar-refractivity contribution in [3.8, 4) is 0 Å². The van der Waals surface area contributed by atoms with Crippen LogP contribution in [0, 0.1) is 6.92 Å². The molecule has 4 nitrogen and oxygen atoms in total. The number of rotatable bonds is 4. The second-order valence-electron chi connectivity index (χ2n) is 5.02. The third-order valence-electron chi connectivity index (χ3n) is 3.41. The minimum absolute atomic E-state index is 0.183. The van der Waals surface area contributed by atoms with Gasteiger partial charge in [0.2, 0.25) is 0 Å². The quantitative estimate of drug-likeness (QED) is 0.800. The number of amides is 1. The molecule has 0 aliphatic carbocycles. The standard InChI is InChI=1S/C18H16N2O2/c1-13-9-10-15(12-19-13)18(21)20-17(16-8-5-11-22-16)14-6-3-2-4-7-14/h2-12,17H,1H3,(H,20,21). The number of aryl methyl sites for hydroxylation is 1. The Kier molecular flexibility index (Phi) is 4.01. The fourth-order valence-corrected chi connectivity index (χ4v) is 2.24. The van der Waals surface area contributed by atoms with E-state index in [9.17, 15) is 4.79 Å². The number of aromatic nitrogens is 1. The van der Waals surface area contributed by atoms with E-state index in [0.717, 1.165) is 11.3 Å². The third-order valence-corrected chi connectivity index (χ3v) is 3.41. The van der Waals surface area contributed by atoms with E-state index in [0.29, 0.717) is 11.3 Å². The van der Waals surface area contributed by atoms with Crippen molar-refractivity contribution in [2.75, 3.05) is 0 Å². The van der Waals surface area contributed by atoms with Crippen molar-refractivity contribution in [3.05, 3.63) is 89.6 Å². The van der Waals surface area contributed by atoms with Crippen LogP contribution in [-0.2, 0) is 0 Å². The Balaban J connectivity index is 1.87. The van der Waals surface area contributed by atoms with Crippen molar-refractivity contribution in [2.24, 2.45) is 0 Å². The number of hydrogen-bond acceptors (Lipinski definition) is 3. The number of carbonyl (C=O) groups is 1. The molecule has 0 aliphatic heterocycles. The lowest BCUT2D eigenvalue weighted by molar-refractivity contribution is 0.0938. The SMILES string of the molecule is Cc1ccc(C(=O)NC(c2ccccc2)c2ccco2)cn1. The van der Waals surface area contributed by atoms with Crippen LogP contribution in [-0.4, -0.2) is 10.9 Å². The zero-order chi connectivity index (χ0) is 15.4. The summed E-state index contributed by atoms with van der Waals surface area (Å²) in [7, 11) is 0. The molecule has 110 valence electrons. The maximum Gasteiger partial charge on any atom is 0.253 e. The average molecular weight is 292 g/mol. The Morgan fingerprint density at radius 3 is 2.55 bits per heavy atom. The normalized spacial score (nSPS) is 11.9. The number of hydrogen-bond donors (Lipinski definition) is 1. The van der Waals surface area contributed by atoms with Crippen LogP contribution in [0.3, 0.4) is 0 Å². The predicted octanol–water partition coefficient (Wildman–Crippen LogP) is 3.50. The lowest BCUT2D eigenvalue weighted by atomic mass is 10.0. The van der Waals surface area contributed by atoms with Gasteiger partial charge in [-0.25, -0.2) is 0 Å². The first-order valence-electron chi connectivity index (χ1n) is 7.06. The van der Waals surface area contributed by atoms with Gasteiger partial charge in [-0.3, -0.25) is 9.78 Å². The van der Waals surface area contributed by atoms with Crippen molar-refractivity contribution in [1.82, 2.24) is 10.3 Å². The van der Waals surface area contributed by atoms with Gasteiger partial charge in [0.1, 0.15) is 11.8 Å². The van der Waals surface area contributed by atoms with Crippen LogP contribution in [0.25, 0.3) is 0 Å². The molecule has 1 unspecified atom stereocenters. The summed E-state index contributed by atoms with van der Waals surface area (Å²) in [6.45, 7) is 1.89. The Hall–Kier alpha value is -2.88. The van der Waals surface area contributed by atoms with Gasteiger partial charge >= 0.3 is 0 Å². The van der Waals surface area contributed by atoms with Crippen molar-refractivity contribution in [1.29, 1.82) is 0 Å². The van der Waals surface area contributed by atoms with E-state index in [1.54, 1.807) is 18.5 Å². The minimum atomic E-state index is -0.329. The highest BCUT2D eigenvalue weighted by Crippen LogP contribution is 2.22. The fourth-order valence-electron chi connectivity index (χ4n) is 2.24. The van der Waals surface area contributed by atoms with Gasteiger partial charge in [0, 0.05) is 11.9 Å². The van der Waals surface area contributed by atoms with Crippen molar-refractivity contribution >= 4 is 5.91 Å². The second-order valence-corrected chi connectivity index (χ2v) is 5.02. The molecule has 1 atom stereocenters. The summed E-state index contributed by atoms with van der Waals surface area (Å²) in [4.78, 5) is 16.6. The van der Waals surface area contributed by atoms with Gasteiger partial charge < -0.3 is 9.73 Å². The molecule has 1 N–H and O–H groups in total. The maximum atomic E-state index is 12.4. The molecule has 1 amide bonds. The third kappa shape index (κ3) is 3.06. The predicted molar refractivity (Wildman–Crippen MR) is 83.4 cm³/mol. The van der Waals surface area contributed by atoms with Crippen molar-refractivity contribution < 1.29 is 9.21 Å².